The highest BCUT2D eigenvalue weighted by atomic mass is 19.3. The minimum absolute atomic E-state index is 0.132. The number of pyridine rings is 1. The van der Waals surface area contributed by atoms with Crippen LogP contribution in [0.2, 0.25) is 0 Å². The third kappa shape index (κ3) is 4.75. The van der Waals surface area contributed by atoms with Crippen LogP contribution >= 0.6 is 0 Å². The molecule has 1 aliphatic rings. The smallest absolute Gasteiger partial charge is 0.387 e. The second-order valence-corrected chi connectivity index (χ2v) is 5.85. The molecule has 1 saturated heterocycles. The summed E-state index contributed by atoms with van der Waals surface area (Å²) in [6, 6.07) is 7.92. The fraction of sp³-hybridized carbons (Fsp3) is 0.333. The van der Waals surface area contributed by atoms with E-state index in [1.807, 2.05) is 12.1 Å². The standard InChI is InChI=1S/C18H20F2N4O3/c1-26-15-3-2-13(12-16(15)27-17(19)20)22-18(25)24-10-8-23(9-11-24)14-4-6-21-7-5-14/h2-7,12,17H,8-11H2,1H3,(H,22,25). The van der Waals surface area contributed by atoms with Crippen molar-refractivity contribution in [1.82, 2.24) is 9.88 Å². The van der Waals surface area contributed by atoms with Crippen molar-refractivity contribution in [3.05, 3.63) is 42.7 Å². The third-order valence-electron chi connectivity index (χ3n) is 4.23. The number of carbonyl (C=O) groups excluding carboxylic acids is 1. The molecule has 7 nitrogen and oxygen atoms in total. The first kappa shape index (κ1) is 18.7. The van der Waals surface area contributed by atoms with Crippen molar-refractivity contribution in [3.63, 3.8) is 0 Å². The zero-order valence-electron chi connectivity index (χ0n) is 14.8. The number of hydrogen-bond donors (Lipinski definition) is 1. The minimum Gasteiger partial charge on any atom is -0.493 e. The molecule has 0 aliphatic carbocycles. The Labute approximate surface area is 155 Å². The lowest BCUT2D eigenvalue weighted by molar-refractivity contribution is -0.0511. The van der Waals surface area contributed by atoms with Crippen LogP contribution in [0.3, 0.4) is 0 Å². The van der Waals surface area contributed by atoms with Crippen molar-refractivity contribution in [1.29, 1.82) is 0 Å². The molecule has 27 heavy (non-hydrogen) atoms. The van der Waals surface area contributed by atoms with Gasteiger partial charge < -0.3 is 24.6 Å². The van der Waals surface area contributed by atoms with Crippen molar-refractivity contribution >= 4 is 17.4 Å². The third-order valence-corrected chi connectivity index (χ3v) is 4.23. The Hall–Kier alpha value is -3.10. The first-order valence-electron chi connectivity index (χ1n) is 8.40. The van der Waals surface area contributed by atoms with Crippen molar-refractivity contribution in [2.45, 2.75) is 6.61 Å². The van der Waals surface area contributed by atoms with Crippen LogP contribution in [0, 0.1) is 0 Å². The average molecular weight is 378 g/mol. The van der Waals surface area contributed by atoms with Crippen LogP contribution in [-0.4, -0.2) is 55.8 Å². The fourth-order valence-corrected chi connectivity index (χ4v) is 2.87. The van der Waals surface area contributed by atoms with Crippen molar-refractivity contribution in [2.75, 3.05) is 43.5 Å². The van der Waals surface area contributed by atoms with Gasteiger partial charge in [-0.05, 0) is 24.3 Å². The highest BCUT2D eigenvalue weighted by Gasteiger charge is 2.22. The average Bonchev–Trinajstić information content (AvgIpc) is 2.68. The summed E-state index contributed by atoms with van der Waals surface area (Å²) in [7, 11) is 1.36. The van der Waals surface area contributed by atoms with E-state index in [2.05, 4.69) is 19.9 Å². The predicted octanol–water partition coefficient (Wildman–Crippen LogP) is 3.05. The van der Waals surface area contributed by atoms with Gasteiger partial charge in [-0.3, -0.25) is 4.98 Å². The van der Waals surface area contributed by atoms with E-state index in [1.165, 1.54) is 19.2 Å². The van der Waals surface area contributed by atoms with E-state index in [0.717, 1.165) is 5.69 Å². The van der Waals surface area contributed by atoms with Gasteiger partial charge in [0, 0.05) is 56.0 Å². The SMILES string of the molecule is COc1ccc(NC(=O)N2CCN(c3ccncc3)CC2)cc1OC(F)F. The summed E-state index contributed by atoms with van der Waals surface area (Å²) in [6.07, 6.45) is 3.47. The fourth-order valence-electron chi connectivity index (χ4n) is 2.87. The summed E-state index contributed by atoms with van der Waals surface area (Å²) in [6.45, 7) is -0.499. The van der Waals surface area contributed by atoms with Crippen LogP contribution in [0.5, 0.6) is 11.5 Å². The maximum Gasteiger partial charge on any atom is 0.387 e. The van der Waals surface area contributed by atoms with Gasteiger partial charge in [0.2, 0.25) is 0 Å². The number of rotatable bonds is 5. The van der Waals surface area contributed by atoms with E-state index >= 15 is 0 Å². The zero-order valence-corrected chi connectivity index (χ0v) is 14.8. The number of piperazine rings is 1. The Balaban J connectivity index is 1.59. The number of carbonyl (C=O) groups is 1. The van der Waals surface area contributed by atoms with Gasteiger partial charge in [0.25, 0.3) is 0 Å². The van der Waals surface area contributed by atoms with E-state index in [1.54, 1.807) is 23.4 Å². The molecule has 1 aromatic heterocycles. The lowest BCUT2D eigenvalue weighted by atomic mass is 10.2. The first-order chi connectivity index (χ1) is 13.1. The molecule has 1 aromatic carbocycles. The summed E-state index contributed by atoms with van der Waals surface area (Å²) in [4.78, 5) is 20.3. The maximum absolute atomic E-state index is 12.5. The van der Waals surface area contributed by atoms with E-state index < -0.39 is 6.61 Å². The van der Waals surface area contributed by atoms with Gasteiger partial charge in [0.05, 0.1) is 7.11 Å². The largest absolute Gasteiger partial charge is 0.493 e. The lowest BCUT2D eigenvalue weighted by Gasteiger charge is -2.36. The molecular weight excluding hydrogens is 358 g/mol. The summed E-state index contributed by atoms with van der Waals surface area (Å²) in [5, 5.41) is 2.71. The molecule has 2 aromatic rings. The number of methoxy groups -OCH3 is 1. The number of amides is 2. The monoisotopic (exact) mass is 378 g/mol. The normalized spacial score (nSPS) is 14.2. The Kier molecular flexibility index (Phi) is 5.90. The quantitative estimate of drug-likeness (QED) is 0.866. The highest BCUT2D eigenvalue weighted by molar-refractivity contribution is 5.90. The molecule has 0 saturated carbocycles. The molecule has 2 heterocycles. The number of nitrogens with one attached hydrogen (secondary N) is 1. The predicted molar refractivity (Wildman–Crippen MR) is 96.7 cm³/mol. The molecule has 0 atom stereocenters. The first-order valence-corrected chi connectivity index (χ1v) is 8.40. The number of urea groups is 1. The summed E-state index contributed by atoms with van der Waals surface area (Å²) < 4.78 is 34.5. The Morgan fingerprint density at radius 1 is 1.11 bits per heavy atom. The summed E-state index contributed by atoms with van der Waals surface area (Å²) in [5.74, 6) is 0.0343. The number of nitrogens with zero attached hydrogens (tertiary/aromatic N) is 3. The van der Waals surface area contributed by atoms with Crippen LogP contribution in [0.4, 0.5) is 25.0 Å². The maximum atomic E-state index is 12.5. The van der Waals surface area contributed by atoms with E-state index in [0.29, 0.717) is 31.9 Å². The molecule has 1 fully saturated rings. The van der Waals surface area contributed by atoms with Gasteiger partial charge in [-0.1, -0.05) is 0 Å². The molecule has 0 bridgehead atoms. The van der Waals surface area contributed by atoms with Gasteiger partial charge in [0.1, 0.15) is 0 Å². The second-order valence-electron chi connectivity index (χ2n) is 5.85. The molecule has 2 amide bonds. The van der Waals surface area contributed by atoms with Crippen LogP contribution < -0.4 is 19.7 Å². The zero-order chi connectivity index (χ0) is 19.2. The molecule has 1 aliphatic heterocycles. The summed E-state index contributed by atoms with van der Waals surface area (Å²) in [5.41, 5.74) is 1.42. The Bertz CT molecular complexity index is 768. The molecule has 0 spiro atoms. The molecule has 144 valence electrons. The van der Waals surface area contributed by atoms with Crippen molar-refractivity contribution in [3.8, 4) is 11.5 Å². The van der Waals surface area contributed by atoms with Gasteiger partial charge in [-0.15, -0.1) is 0 Å². The number of hydrogen-bond acceptors (Lipinski definition) is 5. The second kappa shape index (κ2) is 8.52. The highest BCUT2D eigenvalue weighted by Crippen LogP contribution is 2.31. The number of anilines is 2. The van der Waals surface area contributed by atoms with E-state index in [9.17, 15) is 13.6 Å². The van der Waals surface area contributed by atoms with Crippen molar-refractivity contribution < 1.29 is 23.0 Å². The van der Waals surface area contributed by atoms with Gasteiger partial charge in [0.15, 0.2) is 11.5 Å². The van der Waals surface area contributed by atoms with Gasteiger partial charge in [-0.2, -0.15) is 8.78 Å². The van der Waals surface area contributed by atoms with Gasteiger partial charge in [-0.25, -0.2) is 4.79 Å². The minimum atomic E-state index is -2.98. The Morgan fingerprint density at radius 3 is 2.44 bits per heavy atom. The topological polar surface area (TPSA) is 66.9 Å². The number of aromatic nitrogens is 1. The van der Waals surface area contributed by atoms with Crippen LogP contribution in [0.1, 0.15) is 0 Å². The number of halogens is 2. The Morgan fingerprint density at radius 2 is 1.81 bits per heavy atom. The molecule has 0 radical (unpaired) electrons. The number of benzene rings is 1. The lowest BCUT2D eigenvalue weighted by Crippen LogP contribution is -2.50. The van der Waals surface area contributed by atoms with E-state index in [4.69, 9.17) is 4.74 Å². The van der Waals surface area contributed by atoms with Crippen LogP contribution in [-0.2, 0) is 0 Å². The van der Waals surface area contributed by atoms with Crippen LogP contribution in [0.15, 0.2) is 42.7 Å². The summed E-state index contributed by atoms with van der Waals surface area (Å²) >= 11 is 0. The molecule has 0 unspecified atom stereocenters. The molecule has 3 rings (SSSR count). The molecule has 1 N–H and O–H groups in total. The van der Waals surface area contributed by atoms with Gasteiger partial charge >= 0.3 is 12.6 Å². The van der Waals surface area contributed by atoms with Crippen molar-refractivity contribution in [2.24, 2.45) is 0 Å². The molecule has 9 heteroatoms. The van der Waals surface area contributed by atoms with E-state index in [-0.39, 0.29) is 17.5 Å². The van der Waals surface area contributed by atoms with Crippen LogP contribution in [0.25, 0.3) is 0 Å². The molecular formula is C18H20F2N4O3. The number of alkyl halides is 2. The number of ether oxygens (including phenoxy) is 2.